The van der Waals surface area contributed by atoms with Gasteiger partial charge in [-0.25, -0.2) is 0 Å². The Hall–Kier alpha value is -1.60. The second-order valence-corrected chi connectivity index (χ2v) is 3.84. The van der Waals surface area contributed by atoms with Gasteiger partial charge in [0.05, 0.1) is 0 Å². The van der Waals surface area contributed by atoms with Crippen LogP contribution < -0.4 is 0 Å². The molecule has 0 atom stereocenters. The first-order valence-corrected chi connectivity index (χ1v) is 5.40. The average Bonchev–Trinajstić information content (AvgIpc) is 2.40. The summed E-state index contributed by atoms with van der Waals surface area (Å²) in [7, 11) is 0. The highest BCUT2D eigenvalue weighted by molar-refractivity contribution is 5.35. The van der Waals surface area contributed by atoms with E-state index in [9.17, 15) is 5.11 Å². The Morgan fingerprint density at radius 3 is 1.50 bits per heavy atom. The second kappa shape index (κ2) is 4.50. The van der Waals surface area contributed by atoms with E-state index in [1.165, 1.54) is 0 Å². The summed E-state index contributed by atoms with van der Waals surface area (Å²) in [6.45, 7) is 3.86. The van der Waals surface area contributed by atoms with Crippen LogP contribution in [0.1, 0.15) is 17.5 Å². The molecular weight excluding hydrogens is 196 g/mol. The largest absolute Gasteiger partial charge is 0.380 e. The van der Waals surface area contributed by atoms with E-state index < -0.39 is 5.60 Å². The Morgan fingerprint density at radius 1 is 0.812 bits per heavy atom. The maximum Gasteiger partial charge on any atom is 0.115 e. The first-order chi connectivity index (χ1) is 7.77. The molecule has 1 N–H and O–H groups in total. The van der Waals surface area contributed by atoms with Crippen molar-refractivity contribution in [1.82, 2.24) is 0 Å². The lowest BCUT2D eigenvalue weighted by Crippen LogP contribution is -2.26. The van der Waals surface area contributed by atoms with E-state index in [2.05, 4.69) is 6.92 Å². The maximum absolute atomic E-state index is 10.7. The molecule has 0 aliphatic carbocycles. The molecule has 0 aliphatic heterocycles. The Kier molecular flexibility index (Phi) is 3.07. The predicted octanol–water partition coefficient (Wildman–Crippen LogP) is 3.15. The smallest absolute Gasteiger partial charge is 0.115 e. The first-order valence-electron chi connectivity index (χ1n) is 5.40. The van der Waals surface area contributed by atoms with E-state index >= 15 is 0 Å². The van der Waals surface area contributed by atoms with Gasteiger partial charge in [-0.1, -0.05) is 60.7 Å². The van der Waals surface area contributed by atoms with Crippen molar-refractivity contribution in [3.05, 3.63) is 78.7 Å². The van der Waals surface area contributed by atoms with E-state index in [-0.39, 0.29) is 0 Å². The maximum atomic E-state index is 10.7. The molecule has 0 aliphatic rings. The van der Waals surface area contributed by atoms with Crippen LogP contribution >= 0.6 is 0 Å². The minimum Gasteiger partial charge on any atom is -0.380 e. The average molecular weight is 211 g/mol. The van der Waals surface area contributed by atoms with Crippen LogP contribution in [0.5, 0.6) is 0 Å². The molecule has 1 nitrogen and oxygen atoms in total. The summed E-state index contributed by atoms with van der Waals surface area (Å²) < 4.78 is 0. The van der Waals surface area contributed by atoms with Gasteiger partial charge in [0, 0.05) is 0 Å². The molecule has 0 spiro atoms. The fraction of sp³-hybridized carbons (Fsp3) is 0.133. The monoisotopic (exact) mass is 211 g/mol. The third-order valence-electron chi connectivity index (χ3n) is 2.86. The summed E-state index contributed by atoms with van der Waals surface area (Å²) in [4.78, 5) is 0. The molecule has 0 saturated carbocycles. The number of rotatable bonds is 3. The summed E-state index contributed by atoms with van der Waals surface area (Å²) in [5.74, 6) is 0. The highest BCUT2D eigenvalue weighted by Crippen LogP contribution is 2.32. The third-order valence-corrected chi connectivity index (χ3v) is 2.86. The van der Waals surface area contributed by atoms with Crippen LogP contribution in [0, 0.1) is 6.92 Å². The summed E-state index contributed by atoms with van der Waals surface area (Å²) in [6.07, 6.45) is 0.418. The number of hydrogen-bond donors (Lipinski definition) is 1. The SMILES string of the molecule is [CH2]CC(O)(c1ccccc1)c1ccccc1. The van der Waals surface area contributed by atoms with Crippen molar-refractivity contribution in [2.45, 2.75) is 12.0 Å². The Morgan fingerprint density at radius 2 is 1.19 bits per heavy atom. The molecule has 0 fully saturated rings. The van der Waals surface area contributed by atoms with Crippen molar-refractivity contribution in [3.8, 4) is 0 Å². The standard InChI is InChI=1S/C15H15O/c1-2-15(16,13-9-5-3-6-10-13)14-11-7-4-8-12-14/h3-12,16H,1-2H2. The van der Waals surface area contributed by atoms with Crippen LogP contribution in [0.25, 0.3) is 0 Å². The zero-order chi connectivity index (χ0) is 11.4. The van der Waals surface area contributed by atoms with E-state index in [1.54, 1.807) is 0 Å². The molecule has 2 aromatic carbocycles. The highest BCUT2D eigenvalue weighted by Gasteiger charge is 2.28. The van der Waals surface area contributed by atoms with Crippen LogP contribution in [0.4, 0.5) is 0 Å². The number of aliphatic hydroxyl groups is 1. The van der Waals surface area contributed by atoms with Gasteiger partial charge in [-0.2, -0.15) is 0 Å². The van der Waals surface area contributed by atoms with Gasteiger partial charge in [-0.3, -0.25) is 0 Å². The molecule has 0 amide bonds. The molecule has 16 heavy (non-hydrogen) atoms. The van der Waals surface area contributed by atoms with Crippen molar-refractivity contribution < 1.29 is 5.11 Å². The van der Waals surface area contributed by atoms with Crippen molar-refractivity contribution in [1.29, 1.82) is 0 Å². The fourth-order valence-electron chi connectivity index (χ4n) is 1.88. The van der Waals surface area contributed by atoms with E-state index in [0.29, 0.717) is 6.42 Å². The van der Waals surface area contributed by atoms with Crippen LogP contribution in [0.2, 0.25) is 0 Å². The first kappa shape index (κ1) is 10.9. The summed E-state index contributed by atoms with van der Waals surface area (Å²) in [5, 5.41) is 10.7. The molecule has 2 aromatic rings. The third kappa shape index (κ3) is 1.86. The van der Waals surface area contributed by atoms with E-state index in [1.807, 2.05) is 60.7 Å². The van der Waals surface area contributed by atoms with Gasteiger partial charge < -0.3 is 5.11 Å². The van der Waals surface area contributed by atoms with Crippen LogP contribution in [0.3, 0.4) is 0 Å². The van der Waals surface area contributed by atoms with Gasteiger partial charge in [0.1, 0.15) is 5.60 Å². The molecule has 81 valence electrons. The van der Waals surface area contributed by atoms with Crippen molar-refractivity contribution >= 4 is 0 Å². The Bertz CT molecular complexity index is 394. The molecule has 1 radical (unpaired) electrons. The lowest BCUT2D eigenvalue weighted by atomic mass is 9.84. The van der Waals surface area contributed by atoms with Gasteiger partial charge in [0.15, 0.2) is 0 Å². The molecule has 1 heteroatoms. The topological polar surface area (TPSA) is 20.2 Å². The van der Waals surface area contributed by atoms with Gasteiger partial charge in [-0.15, -0.1) is 0 Å². The summed E-state index contributed by atoms with van der Waals surface area (Å²) >= 11 is 0. The predicted molar refractivity (Wildman–Crippen MR) is 65.9 cm³/mol. The van der Waals surface area contributed by atoms with Crippen LogP contribution in [0.15, 0.2) is 60.7 Å². The van der Waals surface area contributed by atoms with E-state index in [4.69, 9.17) is 0 Å². The number of hydrogen-bond acceptors (Lipinski definition) is 1. The van der Waals surface area contributed by atoms with Gasteiger partial charge in [-0.05, 0) is 24.5 Å². The molecule has 0 aromatic heterocycles. The minimum atomic E-state index is -0.984. The quantitative estimate of drug-likeness (QED) is 0.827. The Balaban J connectivity index is 2.49. The molecule has 0 unspecified atom stereocenters. The van der Waals surface area contributed by atoms with Crippen molar-refractivity contribution in [2.75, 3.05) is 0 Å². The second-order valence-electron chi connectivity index (χ2n) is 3.84. The molecule has 0 saturated heterocycles. The zero-order valence-electron chi connectivity index (χ0n) is 9.13. The van der Waals surface area contributed by atoms with E-state index in [0.717, 1.165) is 11.1 Å². The molecule has 2 rings (SSSR count). The summed E-state index contributed by atoms with van der Waals surface area (Å²) in [6, 6.07) is 19.3. The normalized spacial score (nSPS) is 11.4. The van der Waals surface area contributed by atoms with Crippen molar-refractivity contribution in [2.24, 2.45) is 0 Å². The molecule has 0 heterocycles. The van der Waals surface area contributed by atoms with Gasteiger partial charge in [0.2, 0.25) is 0 Å². The molecular formula is C15H15O. The minimum absolute atomic E-state index is 0.418. The van der Waals surface area contributed by atoms with Gasteiger partial charge in [0.25, 0.3) is 0 Å². The highest BCUT2D eigenvalue weighted by atomic mass is 16.3. The lowest BCUT2D eigenvalue weighted by Gasteiger charge is -2.27. The molecule has 0 bridgehead atoms. The van der Waals surface area contributed by atoms with Crippen molar-refractivity contribution in [3.63, 3.8) is 0 Å². The lowest BCUT2D eigenvalue weighted by molar-refractivity contribution is 0.0834. The number of benzene rings is 2. The fourth-order valence-corrected chi connectivity index (χ4v) is 1.88. The zero-order valence-corrected chi connectivity index (χ0v) is 9.13. The Labute approximate surface area is 96.4 Å². The van der Waals surface area contributed by atoms with Crippen LogP contribution in [-0.4, -0.2) is 5.11 Å². The summed E-state index contributed by atoms with van der Waals surface area (Å²) in [5.41, 5.74) is 0.787. The van der Waals surface area contributed by atoms with Crippen LogP contribution in [-0.2, 0) is 5.60 Å². The van der Waals surface area contributed by atoms with Gasteiger partial charge >= 0.3 is 0 Å².